The normalized spacial score (nSPS) is 13.6. The second-order valence-corrected chi connectivity index (χ2v) is 8.86. The standard InChI is InChI=1S/C19H41O6P.C2H6O/c1-2-3-4-5-6-7-8-9-10-11-12-13-14-15-16-18(20)19(21)17-25-26(22,23)24;1-2-3/h18-21H,2-17H2,1H3,(H2,22,23,24);3H,2H2,1H3/t18?,19-;/m0./s1. The maximum atomic E-state index is 10.5. The average molecular weight is 443 g/mol. The molecule has 29 heavy (non-hydrogen) atoms. The van der Waals surface area contributed by atoms with E-state index in [1.54, 1.807) is 6.92 Å². The van der Waals surface area contributed by atoms with E-state index in [9.17, 15) is 14.8 Å². The largest absolute Gasteiger partial charge is 0.469 e. The Hall–Kier alpha value is -0.0100. The van der Waals surface area contributed by atoms with Gasteiger partial charge in [-0.25, -0.2) is 4.57 Å². The Kier molecular flexibility index (Phi) is 24.4. The van der Waals surface area contributed by atoms with Crippen LogP contribution in [0.5, 0.6) is 0 Å². The van der Waals surface area contributed by atoms with Crippen LogP contribution in [0.1, 0.15) is 110 Å². The fourth-order valence-electron chi connectivity index (χ4n) is 3.02. The Balaban J connectivity index is 0. The van der Waals surface area contributed by atoms with Gasteiger partial charge < -0.3 is 25.1 Å². The Morgan fingerprint density at radius 3 is 1.38 bits per heavy atom. The molecule has 5 N–H and O–H groups in total. The van der Waals surface area contributed by atoms with Crippen LogP contribution in [-0.2, 0) is 9.09 Å². The van der Waals surface area contributed by atoms with Crippen molar-refractivity contribution in [3.8, 4) is 0 Å². The first-order chi connectivity index (χ1) is 13.8. The molecule has 178 valence electrons. The van der Waals surface area contributed by atoms with Crippen LogP contribution in [0.25, 0.3) is 0 Å². The summed E-state index contributed by atoms with van der Waals surface area (Å²) in [6.45, 7) is 3.63. The molecule has 1 unspecified atom stereocenters. The van der Waals surface area contributed by atoms with Crippen LogP contribution in [-0.4, -0.2) is 50.5 Å². The van der Waals surface area contributed by atoms with Crippen LogP contribution >= 0.6 is 7.82 Å². The van der Waals surface area contributed by atoms with Crippen molar-refractivity contribution in [1.29, 1.82) is 0 Å². The van der Waals surface area contributed by atoms with E-state index in [0.29, 0.717) is 6.42 Å². The van der Waals surface area contributed by atoms with E-state index in [4.69, 9.17) is 14.9 Å². The summed E-state index contributed by atoms with van der Waals surface area (Å²) >= 11 is 0. The van der Waals surface area contributed by atoms with Crippen LogP contribution in [0.15, 0.2) is 0 Å². The number of phosphoric acid groups is 1. The van der Waals surface area contributed by atoms with E-state index in [1.807, 2.05) is 0 Å². The van der Waals surface area contributed by atoms with Crippen molar-refractivity contribution in [3.05, 3.63) is 0 Å². The van der Waals surface area contributed by atoms with Crippen LogP contribution < -0.4 is 0 Å². The lowest BCUT2D eigenvalue weighted by Gasteiger charge is -2.17. The van der Waals surface area contributed by atoms with Gasteiger partial charge in [-0.05, 0) is 13.3 Å². The third kappa shape index (κ3) is 28.0. The van der Waals surface area contributed by atoms with E-state index in [2.05, 4.69) is 11.4 Å². The Bertz CT molecular complexity index is 363. The number of hydrogen-bond donors (Lipinski definition) is 5. The molecule has 8 heteroatoms. The SMILES string of the molecule is CCCCCCCCCCCCCCCCC(O)[C@@H](O)COP(=O)(O)O.CCO. The maximum absolute atomic E-state index is 10.5. The van der Waals surface area contributed by atoms with Crippen molar-refractivity contribution in [2.24, 2.45) is 0 Å². The average Bonchev–Trinajstić information content (AvgIpc) is 2.66. The zero-order valence-corrected chi connectivity index (χ0v) is 19.6. The van der Waals surface area contributed by atoms with E-state index >= 15 is 0 Å². The summed E-state index contributed by atoms with van der Waals surface area (Å²) in [6, 6.07) is 0. The third-order valence-corrected chi connectivity index (χ3v) is 5.20. The van der Waals surface area contributed by atoms with Crippen molar-refractivity contribution in [2.45, 2.75) is 122 Å². The first-order valence-electron chi connectivity index (χ1n) is 11.5. The van der Waals surface area contributed by atoms with Crippen molar-refractivity contribution in [2.75, 3.05) is 13.2 Å². The number of hydrogen-bond acceptors (Lipinski definition) is 5. The molecule has 0 amide bonds. The molecule has 0 heterocycles. The quantitative estimate of drug-likeness (QED) is 0.145. The summed E-state index contributed by atoms with van der Waals surface area (Å²) in [4.78, 5) is 17.1. The molecule has 0 fully saturated rings. The molecule has 0 aromatic heterocycles. The van der Waals surface area contributed by atoms with Crippen LogP contribution in [0.3, 0.4) is 0 Å². The molecule has 0 aliphatic carbocycles. The minimum absolute atomic E-state index is 0.250. The first-order valence-corrected chi connectivity index (χ1v) is 13.0. The molecule has 0 bridgehead atoms. The van der Waals surface area contributed by atoms with Crippen molar-refractivity contribution in [3.63, 3.8) is 0 Å². The van der Waals surface area contributed by atoms with Gasteiger partial charge in [-0.1, -0.05) is 96.8 Å². The van der Waals surface area contributed by atoms with Gasteiger partial charge >= 0.3 is 7.82 Å². The molecule has 0 rings (SSSR count). The highest BCUT2D eigenvalue weighted by Crippen LogP contribution is 2.35. The van der Waals surface area contributed by atoms with Gasteiger partial charge in [0, 0.05) is 6.61 Å². The maximum Gasteiger partial charge on any atom is 0.469 e. The molecule has 0 aromatic rings. The highest BCUT2D eigenvalue weighted by molar-refractivity contribution is 7.46. The monoisotopic (exact) mass is 442 g/mol. The lowest BCUT2D eigenvalue weighted by Crippen LogP contribution is -2.30. The molecule has 0 radical (unpaired) electrons. The van der Waals surface area contributed by atoms with E-state index in [-0.39, 0.29) is 6.61 Å². The number of unbranched alkanes of at least 4 members (excludes halogenated alkanes) is 13. The number of phosphoric ester groups is 1. The molecule has 0 aliphatic rings. The zero-order valence-electron chi connectivity index (χ0n) is 18.7. The lowest BCUT2D eigenvalue weighted by molar-refractivity contribution is -0.0182. The minimum Gasteiger partial charge on any atom is -0.397 e. The van der Waals surface area contributed by atoms with Gasteiger partial charge in [0.05, 0.1) is 12.7 Å². The lowest BCUT2D eigenvalue weighted by atomic mass is 10.0. The third-order valence-electron chi connectivity index (χ3n) is 4.71. The molecular weight excluding hydrogens is 395 g/mol. The summed E-state index contributed by atoms with van der Waals surface area (Å²) < 4.78 is 14.7. The van der Waals surface area contributed by atoms with E-state index in [0.717, 1.165) is 19.3 Å². The minimum atomic E-state index is -4.59. The molecule has 7 nitrogen and oxygen atoms in total. The molecule has 0 spiro atoms. The zero-order chi connectivity index (χ0) is 22.4. The molecular formula is C21H47O7P. The van der Waals surface area contributed by atoms with Crippen LogP contribution in [0.2, 0.25) is 0 Å². The fourth-order valence-corrected chi connectivity index (χ4v) is 3.37. The second kappa shape index (κ2) is 22.7. The molecule has 0 saturated carbocycles. The van der Waals surface area contributed by atoms with Gasteiger partial charge in [-0.3, -0.25) is 4.52 Å². The topological polar surface area (TPSA) is 127 Å². The van der Waals surface area contributed by atoms with Gasteiger partial charge in [0.2, 0.25) is 0 Å². The molecule has 0 aromatic carbocycles. The van der Waals surface area contributed by atoms with Gasteiger partial charge in [0.1, 0.15) is 6.10 Å². The van der Waals surface area contributed by atoms with Crippen molar-refractivity contribution in [1.82, 2.24) is 0 Å². The Labute approximate surface area is 178 Å². The summed E-state index contributed by atoms with van der Waals surface area (Å²) in [5.41, 5.74) is 0. The predicted octanol–water partition coefficient (Wildman–Crippen LogP) is 4.69. The smallest absolute Gasteiger partial charge is 0.397 e. The number of aliphatic hydroxyl groups excluding tert-OH is 3. The molecule has 0 aliphatic heterocycles. The summed E-state index contributed by atoms with van der Waals surface area (Å²) in [6.07, 6.45) is 15.7. The Morgan fingerprint density at radius 1 is 0.690 bits per heavy atom. The summed E-state index contributed by atoms with van der Waals surface area (Å²) in [5, 5.41) is 26.9. The predicted molar refractivity (Wildman–Crippen MR) is 118 cm³/mol. The van der Waals surface area contributed by atoms with Gasteiger partial charge in [0.15, 0.2) is 0 Å². The van der Waals surface area contributed by atoms with Gasteiger partial charge in [-0.15, -0.1) is 0 Å². The summed E-state index contributed by atoms with van der Waals surface area (Å²) in [5.74, 6) is 0. The second-order valence-electron chi connectivity index (χ2n) is 7.62. The van der Waals surface area contributed by atoms with E-state index in [1.165, 1.54) is 70.6 Å². The Morgan fingerprint density at radius 2 is 1.03 bits per heavy atom. The van der Waals surface area contributed by atoms with Crippen molar-refractivity contribution >= 4 is 7.82 Å². The molecule has 2 atom stereocenters. The molecule has 0 saturated heterocycles. The highest BCUT2D eigenvalue weighted by atomic mass is 31.2. The summed E-state index contributed by atoms with van der Waals surface area (Å²) in [7, 11) is -4.59. The van der Waals surface area contributed by atoms with Crippen LogP contribution in [0, 0.1) is 0 Å². The van der Waals surface area contributed by atoms with E-state index < -0.39 is 26.6 Å². The van der Waals surface area contributed by atoms with Gasteiger partial charge in [-0.2, -0.15) is 0 Å². The number of aliphatic hydroxyl groups is 3. The van der Waals surface area contributed by atoms with Crippen LogP contribution in [0.4, 0.5) is 0 Å². The van der Waals surface area contributed by atoms with Gasteiger partial charge in [0.25, 0.3) is 0 Å². The first kappa shape index (κ1) is 31.2. The van der Waals surface area contributed by atoms with Crippen molar-refractivity contribution < 1.29 is 34.2 Å². The number of rotatable bonds is 19. The highest BCUT2D eigenvalue weighted by Gasteiger charge is 2.21. The fraction of sp³-hybridized carbons (Fsp3) is 1.00.